The summed E-state index contributed by atoms with van der Waals surface area (Å²) in [5.41, 5.74) is 7.82. The Labute approximate surface area is 89.8 Å². The first kappa shape index (κ1) is 11.8. The molecule has 0 amide bonds. The van der Waals surface area contributed by atoms with Crippen molar-refractivity contribution in [1.29, 1.82) is 0 Å². The molecule has 1 N–H and O–H groups in total. The first-order valence-corrected chi connectivity index (χ1v) is 5.19. The van der Waals surface area contributed by atoms with Crippen molar-refractivity contribution in [2.45, 2.75) is 4.90 Å². The average Bonchev–Trinajstić information content (AvgIpc) is 2.26. The van der Waals surface area contributed by atoms with Crippen LogP contribution in [0.25, 0.3) is 10.4 Å². The van der Waals surface area contributed by atoms with Crippen molar-refractivity contribution in [3.8, 4) is 0 Å². The van der Waals surface area contributed by atoms with E-state index in [0.717, 1.165) is 24.3 Å². The van der Waals surface area contributed by atoms with Gasteiger partial charge in [0.25, 0.3) is 0 Å². The molecule has 1 rings (SSSR count). The number of hydrogen-bond acceptors (Lipinski definition) is 5. The molecule has 0 aliphatic rings. The van der Waals surface area contributed by atoms with E-state index in [2.05, 4.69) is 14.5 Å². The summed E-state index contributed by atoms with van der Waals surface area (Å²) in [5.74, 6) is -1.18. The minimum absolute atomic E-state index is 0.0669. The molecule has 8 nitrogen and oxygen atoms in total. The lowest BCUT2D eigenvalue weighted by atomic mass is 10.2. The molecule has 0 heterocycles. The normalized spacial score (nSPS) is 10.2. The van der Waals surface area contributed by atoms with Crippen LogP contribution in [-0.2, 0) is 14.4 Å². The highest BCUT2D eigenvalue weighted by Gasteiger charge is 2.15. The van der Waals surface area contributed by atoms with Gasteiger partial charge in [0, 0.05) is 4.91 Å². The van der Waals surface area contributed by atoms with Crippen LogP contribution in [0.2, 0.25) is 0 Å². The molecule has 0 aromatic heterocycles. The average molecular weight is 243 g/mol. The Bertz CT molecular complexity index is 544. The van der Waals surface area contributed by atoms with E-state index in [1.165, 1.54) is 0 Å². The highest BCUT2D eigenvalue weighted by molar-refractivity contribution is 7.86. The van der Waals surface area contributed by atoms with Crippen LogP contribution >= 0.6 is 0 Å². The van der Waals surface area contributed by atoms with Crippen LogP contribution in [0.5, 0.6) is 0 Å². The summed E-state index contributed by atoms with van der Waals surface area (Å²) in [5, 5.41) is 11.0. The topological polar surface area (TPSA) is 129 Å². The molecule has 1 aromatic carbocycles. The number of nitrogens with zero attached hydrogens (tertiary/aromatic N) is 3. The fourth-order valence-electron chi connectivity index (χ4n) is 0.866. The van der Waals surface area contributed by atoms with Gasteiger partial charge in [-0.3, -0.25) is 0 Å². The summed E-state index contributed by atoms with van der Waals surface area (Å²) in [6.45, 7) is 0. The summed E-state index contributed by atoms with van der Waals surface area (Å²) < 4.78 is 26.4. The van der Waals surface area contributed by atoms with Crippen LogP contribution in [0.3, 0.4) is 0 Å². The van der Waals surface area contributed by atoms with Gasteiger partial charge in [-0.2, -0.15) is 8.42 Å². The molecule has 0 bridgehead atoms. The maximum absolute atomic E-state index is 11.2. The minimum Gasteiger partial charge on any atom is -0.478 e. The number of carboxylic acids is 1. The minimum atomic E-state index is -4.18. The summed E-state index contributed by atoms with van der Waals surface area (Å²) in [6.07, 6.45) is 0. The molecule has 0 atom stereocenters. The lowest BCUT2D eigenvalue weighted by molar-refractivity contribution is 0.0696. The first-order chi connectivity index (χ1) is 7.47. The van der Waals surface area contributed by atoms with Crippen molar-refractivity contribution in [3.05, 3.63) is 40.3 Å². The summed E-state index contributed by atoms with van der Waals surface area (Å²) in [6, 6.07) is 4.25. The molecule has 0 fully saturated rings. The van der Waals surface area contributed by atoms with Crippen molar-refractivity contribution >= 4 is 16.1 Å². The molecule has 0 saturated heterocycles. The van der Waals surface area contributed by atoms with Gasteiger partial charge in [-0.05, 0) is 29.8 Å². The molecule has 9 heteroatoms. The van der Waals surface area contributed by atoms with Gasteiger partial charge in [0.1, 0.15) is 10.2 Å². The van der Waals surface area contributed by atoms with E-state index < -0.39 is 16.1 Å². The molecule has 0 saturated carbocycles. The number of hydrogen-bond donors (Lipinski definition) is 1. The summed E-state index contributed by atoms with van der Waals surface area (Å²) in [4.78, 5) is 12.3. The Morgan fingerprint density at radius 3 is 2.38 bits per heavy atom. The second-order valence-electron chi connectivity index (χ2n) is 2.53. The Morgan fingerprint density at radius 1 is 1.38 bits per heavy atom. The van der Waals surface area contributed by atoms with E-state index in [-0.39, 0.29) is 10.5 Å². The number of benzene rings is 1. The highest BCUT2D eigenvalue weighted by atomic mass is 32.2. The summed E-state index contributed by atoms with van der Waals surface area (Å²) in [7, 11) is -4.18. The number of carboxylic acid groups (broad SMARTS) is 1. The van der Waals surface area contributed by atoms with Crippen LogP contribution in [0.15, 0.2) is 34.4 Å². The summed E-state index contributed by atoms with van der Waals surface area (Å²) >= 11 is 0. The zero-order valence-corrected chi connectivity index (χ0v) is 8.46. The molecule has 0 aliphatic heterocycles. The molecule has 16 heavy (non-hydrogen) atoms. The van der Waals surface area contributed by atoms with Gasteiger partial charge in [-0.15, -0.1) is 0 Å². The standard InChI is InChI=1S/C7H5N3O5S/c8-9-10-15-16(13,14)6-3-1-5(2-4-6)7(11)12/h1-4H,(H,11,12). The van der Waals surface area contributed by atoms with Gasteiger partial charge >= 0.3 is 16.1 Å². The highest BCUT2D eigenvalue weighted by Crippen LogP contribution is 2.13. The van der Waals surface area contributed by atoms with Crippen LogP contribution < -0.4 is 0 Å². The fraction of sp³-hybridized carbons (Fsp3) is 0. The van der Waals surface area contributed by atoms with Gasteiger partial charge in [-0.25, -0.2) is 4.79 Å². The van der Waals surface area contributed by atoms with Gasteiger partial charge < -0.3 is 9.39 Å². The fourth-order valence-corrected chi connectivity index (χ4v) is 1.54. The van der Waals surface area contributed by atoms with Crippen LogP contribution in [0.4, 0.5) is 0 Å². The van der Waals surface area contributed by atoms with Gasteiger partial charge in [0.2, 0.25) is 0 Å². The third-order valence-electron chi connectivity index (χ3n) is 1.56. The van der Waals surface area contributed by atoms with Crippen LogP contribution in [0, 0.1) is 0 Å². The molecular formula is C7H5N3O5S. The van der Waals surface area contributed by atoms with E-state index in [9.17, 15) is 13.2 Å². The number of rotatable bonds is 4. The SMILES string of the molecule is [N-]=[N+]=NOS(=O)(=O)c1ccc(C(=O)O)cc1. The van der Waals surface area contributed by atoms with Gasteiger partial charge in [-0.1, -0.05) is 0 Å². The van der Waals surface area contributed by atoms with E-state index >= 15 is 0 Å². The Morgan fingerprint density at radius 2 is 1.94 bits per heavy atom. The predicted octanol–water partition coefficient (Wildman–Crippen LogP) is 1.32. The second-order valence-corrected chi connectivity index (χ2v) is 4.06. The number of aromatic carboxylic acids is 1. The lowest BCUT2D eigenvalue weighted by Crippen LogP contribution is -2.03. The number of carbonyl (C=O) groups is 1. The van der Waals surface area contributed by atoms with Crippen molar-refractivity contribution in [2.75, 3.05) is 0 Å². The predicted molar refractivity (Wildman–Crippen MR) is 50.8 cm³/mol. The zero-order chi connectivity index (χ0) is 12.2. The third kappa shape index (κ3) is 2.62. The van der Waals surface area contributed by atoms with Crippen molar-refractivity contribution in [3.63, 3.8) is 0 Å². The van der Waals surface area contributed by atoms with Crippen molar-refractivity contribution in [2.24, 2.45) is 5.28 Å². The molecule has 0 radical (unpaired) electrons. The lowest BCUT2D eigenvalue weighted by Gasteiger charge is -2.00. The van der Waals surface area contributed by atoms with Gasteiger partial charge in [0.05, 0.1) is 5.56 Å². The third-order valence-corrected chi connectivity index (χ3v) is 2.67. The largest absolute Gasteiger partial charge is 0.478 e. The molecule has 84 valence electrons. The Kier molecular flexibility index (Phi) is 3.33. The maximum atomic E-state index is 11.2. The number of azide groups is 1. The van der Waals surface area contributed by atoms with Crippen molar-refractivity contribution < 1.29 is 22.6 Å². The van der Waals surface area contributed by atoms with Crippen LogP contribution in [-0.4, -0.2) is 19.5 Å². The monoisotopic (exact) mass is 243 g/mol. The Balaban J connectivity index is 3.06. The first-order valence-electron chi connectivity index (χ1n) is 3.79. The molecule has 0 aliphatic carbocycles. The molecular weight excluding hydrogens is 238 g/mol. The van der Waals surface area contributed by atoms with E-state index in [1.54, 1.807) is 0 Å². The second kappa shape index (κ2) is 4.51. The van der Waals surface area contributed by atoms with Crippen LogP contribution in [0.1, 0.15) is 10.4 Å². The molecule has 0 spiro atoms. The maximum Gasteiger partial charge on any atom is 0.345 e. The zero-order valence-electron chi connectivity index (χ0n) is 7.64. The Hall–Kier alpha value is -2.25. The molecule has 1 aromatic rings. The van der Waals surface area contributed by atoms with E-state index in [1.807, 2.05) is 0 Å². The van der Waals surface area contributed by atoms with E-state index in [0.29, 0.717) is 0 Å². The van der Waals surface area contributed by atoms with E-state index in [4.69, 9.17) is 10.6 Å². The van der Waals surface area contributed by atoms with Crippen molar-refractivity contribution in [1.82, 2.24) is 0 Å². The molecule has 0 unspecified atom stereocenters. The quantitative estimate of drug-likeness (QED) is 0.369. The van der Waals surface area contributed by atoms with Gasteiger partial charge in [0.15, 0.2) is 0 Å². The smallest absolute Gasteiger partial charge is 0.345 e.